The lowest BCUT2D eigenvalue weighted by molar-refractivity contribution is -0.116. The number of aromatic hydroxyl groups is 1. The summed E-state index contributed by atoms with van der Waals surface area (Å²) in [5.74, 6) is -0.590. The zero-order chi connectivity index (χ0) is 19.0. The average molecular weight is 347 g/mol. The Morgan fingerprint density at radius 1 is 1.32 bits per heavy atom. The van der Waals surface area contributed by atoms with Gasteiger partial charge >= 0.3 is 5.97 Å². The molecular weight excluding hydrogens is 322 g/mol. The number of nitrogens with one attached hydrogen (secondary N) is 1. The van der Waals surface area contributed by atoms with E-state index in [4.69, 9.17) is 9.47 Å². The minimum atomic E-state index is -0.615. The molecule has 0 aliphatic carbocycles. The molecule has 0 heterocycles. The molecule has 1 atom stereocenters. The maximum absolute atomic E-state index is 12.4. The van der Waals surface area contributed by atoms with Gasteiger partial charge in [0.2, 0.25) is 5.91 Å². The fourth-order valence-electron chi connectivity index (χ4n) is 1.88. The molecule has 0 aliphatic heterocycles. The Labute approximate surface area is 148 Å². The van der Waals surface area contributed by atoms with Crippen LogP contribution in [0.4, 0.5) is 0 Å². The molecule has 25 heavy (non-hydrogen) atoms. The molecule has 1 amide bonds. The van der Waals surface area contributed by atoms with Crippen molar-refractivity contribution in [2.24, 2.45) is 5.92 Å². The van der Waals surface area contributed by atoms with E-state index in [1.165, 1.54) is 19.3 Å². The number of rotatable bonds is 8. The quantitative estimate of drug-likeness (QED) is 0.558. The molecule has 0 fully saturated rings. The Balaban J connectivity index is 3.09. The third kappa shape index (κ3) is 5.99. The number of phenolic OH excluding ortho intramolecular Hbond substituents is 1. The lowest BCUT2D eigenvalue weighted by Gasteiger charge is -2.18. The lowest BCUT2D eigenvalue weighted by atomic mass is 10.0. The number of amides is 1. The van der Waals surface area contributed by atoms with E-state index in [0.717, 1.165) is 0 Å². The second-order valence-electron chi connectivity index (χ2n) is 5.82. The molecule has 136 valence electrons. The summed E-state index contributed by atoms with van der Waals surface area (Å²) in [6.07, 6.45) is 4.14. The van der Waals surface area contributed by atoms with Gasteiger partial charge in [-0.25, -0.2) is 4.79 Å². The van der Waals surface area contributed by atoms with Crippen LogP contribution in [0.15, 0.2) is 30.9 Å². The van der Waals surface area contributed by atoms with Crippen LogP contribution in [0.1, 0.15) is 36.7 Å². The molecule has 1 aromatic rings. The highest BCUT2D eigenvalue weighted by atomic mass is 16.5. The second kappa shape index (κ2) is 9.52. The van der Waals surface area contributed by atoms with Crippen LogP contribution in [-0.4, -0.2) is 36.7 Å². The summed E-state index contributed by atoms with van der Waals surface area (Å²) in [5.41, 5.74) is 0.491. The van der Waals surface area contributed by atoms with E-state index < -0.39 is 5.97 Å². The molecule has 0 saturated heterocycles. The minimum absolute atomic E-state index is 0.0552. The summed E-state index contributed by atoms with van der Waals surface area (Å²) in [7, 11) is 1.46. The van der Waals surface area contributed by atoms with Gasteiger partial charge in [-0.2, -0.15) is 0 Å². The number of hydrogen-bond acceptors (Lipinski definition) is 5. The third-order valence-electron chi connectivity index (χ3n) is 3.67. The Kier molecular flexibility index (Phi) is 7.72. The summed E-state index contributed by atoms with van der Waals surface area (Å²) >= 11 is 0. The van der Waals surface area contributed by atoms with Crippen LogP contribution in [0.25, 0.3) is 6.08 Å². The van der Waals surface area contributed by atoms with Crippen LogP contribution in [0.2, 0.25) is 0 Å². The van der Waals surface area contributed by atoms with E-state index in [9.17, 15) is 14.7 Å². The Bertz CT molecular complexity index is 664. The first-order valence-corrected chi connectivity index (χ1v) is 7.98. The van der Waals surface area contributed by atoms with E-state index in [1.807, 2.05) is 13.8 Å². The number of hydrogen-bond donors (Lipinski definition) is 2. The molecule has 0 aromatic heterocycles. The van der Waals surface area contributed by atoms with Gasteiger partial charge in [-0.05, 0) is 30.5 Å². The maximum atomic E-state index is 12.4. The molecule has 0 saturated carbocycles. The Hall–Kier alpha value is -2.76. The third-order valence-corrected chi connectivity index (χ3v) is 3.67. The van der Waals surface area contributed by atoms with E-state index in [1.54, 1.807) is 25.1 Å². The van der Waals surface area contributed by atoms with E-state index >= 15 is 0 Å². The highest BCUT2D eigenvalue weighted by molar-refractivity contribution is 5.97. The van der Waals surface area contributed by atoms with Crippen LogP contribution >= 0.6 is 0 Å². The van der Waals surface area contributed by atoms with Gasteiger partial charge in [0.05, 0.1) is 7.11 Å². The van der Waals surface area contributed by atoms with Gasteiger partial charge in [0.25, 0.3) is 0 Å². The van der Waals surface area contributed by atoms with Crippen molar-refractivity contribution in [3.63, 3.8) is 0 Å². The van der Waals surface area contributed by atoms with Gasteiger partial charge in [-0.1, -0.05) is 32.6 Å². The van der Waals surface area contributed by atoms with Crippen molar-refractivity contribution in [2.75, 3.05) is 13.7 Å². The van der Waals surface area contributed by atoms with Crippen LogP contribution < -0.4 is 10.1 Å². The predicted molar refractivity (Wildman–Crippen MR) is 96.6 cm³/mol. The van der Waals surface area contributed by atoms with E-state index in [0.29, 0.717) is 11.3 Å². The van der Waals surface area contributed by atoms with Crippen molar-refractivity contribution in [1.29, 1.82) is 0 Å². The topological polar surface area (TPSA) is 84.9 Å². The van der Waals surface area contributed by atoms with Crippen molar-refractivity contribution >= 4 is 18.0 Å². The number of phenols is 1. The van der Waals surface area contributed by atoms with Crippen LogP contribution in [0.3, 0.4) is 0 Å². The number of methoxy groups -OCH3 is 1. The molecule has 2 N–H and O–H groups in total. The summed E-state index contributed by atoms with van der Waals surface area (Å²) in [6.45, 7) is 9.29. The number of benzene rings is 1. The summed E-state index contributed by atoms with van der Waals surface area (Å²) < 4.78 is 10.5. The smallest absolute Gasteiger partial charge is 0.342 e. The molecule has 6 nitrogen and oxygen atoms in total. The fourth-order valence-corrected chi connectivity index (χ4v) is 1.88. The van der Waals surface area contributed by atoms with Crippen molar-refractivity contribution in [3.05, 3.63) is 42.0 Å². The monoisotopic (exact) mass is 347 g/mol. The molecular formula is C19H25NO5. The van der Waals surface area contributed by atoms with Crippen molar-refractivity contribution in [2.45, 2.75) is 26.9 Å². The molecule has 1 unspecified atom stereocenters. The number of ether oxygens (including phenoxy) is 2. The normalized spacial score (nSPS) is 12.0. The molecule has 6 heteroatoms. The standard InChI is InChI=1S/C19H25NO5/c1-6-17(22)20-9-7-8-14-10-15(24-5)11-16(21)18(14)19(23)25-13(4)12(2)3/h6-8,10-13,21H,1,9H2,2-5H3,(H,20,22). The zero-order valence-corrected chi connectivity index (χ0v) is 15.0. The first kappa shape index (κ1) is 20.3. The molecule has 0 aliphatic rings. The molecule has 0 radical (unpaired) electrons. The highest BCUT2D eigenvalue weighted by Crippen LogP contribution is 2.30. The summed E-state index contributed by atoms with van der Waals surface area (Å²) in [5, 5.41) is 12.8. The minimum Gasteiger partial charge on any atom is -0.507 e. The SMILES string of the molecule is C=CC(=O)NCC=Cc1cc(OC)cc(O)c1C(=O)OC(C)C(C)C. The predicted octanol–water partition coefficient (Wildman–Crippen LogP) is 2.92. The Morgan fingerprint density at radius 2 is 2.00 bits per heavy atom. The van der Waals surface area contributed by atoms with Crippen molar-refractivity contribution < 1.29 is 24.2 Å². The van der Waals surface area contributed by atoms with Crippen LogP contribution in [0.5, 0.6) is 11.5 Å². The lowest BCUT2D eigenvalue weighted by Crippen LogP contribution is -2.21. The first-order chi connectivity index (χ1) is 11.8. The van der Waals surface area contributed by atoms with Gasteiger partial charge in [-0.3, -0.25) is 4.79 Å². The van der Waals surface area contributed by atoms with E-state index in [-0.39, 0.29) is 35.8 Å². The van der Waals surface area contributed by atoms with Gasteiger partial charge in [0, 0.05) is 12.6 Å². The molecule has 1 aromatic carbocycles. The second-order valence-corrected chi connectivity index (χ2v) is 5.82. The first-order valence-electron chi connectivity index (χ1n) is 7.98. The largest absolute Gasteiger partial charge is 0.507 e. The van der Waals surface area contributed by atoms with Gasteiger partial charge in [0.15, 0.2) is 0 Å². The van der Waals surface area contributed by atoms with Gasteiger partial charge < -0.3 is 19.9 Å². The van der Waals surface area contributed by atoms with Gasteiger partial charge in [-0.15, -0.1) is 0 Å². The van der Waals surface area contributed by atoms with Crippen LogP contribution in [0, 0.1) is 5.92 Å². The molecule has 0 spiro atoms. The van der Waals surface area contributed by atoms with Crippen LogP contribution in [-0.2, 0) is 9.53 Å². The summed E-state index contributed by atoms with van der Waals surface area (Å²) in [4.78, 5) is 23.6. The Morgan fingerprint density at radius 3 is 2.56 bits per heavy atom. The number of carbonyl (C=O) groups excluding carboxylic acids is 2. The van der Waals surface area contributed by atoms with Crippen molar-refractivity contribution in [1.82, 2.24) is 5.32 Å². The number of carbonyl (C=O) groups is 2. The molecule has 0 bridgehead atoms. The highest BCUT2D eigenvalue weighted by Gasteiger charge is 2.21. The molecule has 1 rings (SSSR count). The van der Waals surface area contributed by atoms with Crippen molar-refractivity contribution in [3.8, 4) is 11.5 Å². The zero-order valence-electron chi connectivity index (χ0n) is 15.0. The van der Waals surface area contributed by atoms with E-state index in [2.05, 4.69) is 11.9 Å². The average Bonchev–Trinajstić information content (AvgIpc) is 2.57. The summed E-state index contributed by atoms with van der Waals surface area (Å²) in [6, 6.07) is 2.97. The fraction of sp³-hybridized carbons (Fsp3) is 0.368. The maximum Gasteiger partial charge on any atom is 0.342 e. The number of esters is 1. The van der Waals surface area contributed by atoms with Gasteiger partial charge in [0.1, 0.15) is 23.2 Å².